The molecule has 0 amide bonds. The molecule has 0 atom stereocenters. The number of hydrogen-bond acceptors (Lipinski definition) is 2. The van der Waals surface area contributed by atoms with E-state index in [4.69, 9.17) is 23.8 Å². The van der Waals surface area contributed by atoms with Crippen molar-refractivity contribution < 1.29 is 0 Å². The number of nitrogens with zero attached hydrogens (tertiary/aromatic N) is 1. The van der Waals surface area contributed by atoms with Gasteiger partial charge in [-0.05, 0) is 62.9 Å². The van der Waals surface area contributed by atoms with E-state index in [0.29, 0.717) is 15.6 Å². The predicted octanol–water partition coefficient (Wildman–Crippen LogP) is 6.64. The van der Waals surface area contributed by atoms with Crippen LogP contribution in [0.15, 0.2) is 27.1 Å². The van der Waals surface area contributed by atoms with Crippen molar-refractivity contribution in [2.75, 3.05) is 0 Å². The van der Waals surface area contributed by atoms with Crippen molar-refractivity contribution in [2.45, 2.75) is 31.6 Å². The first-order valence-electron chi connectivity index (χ1n) is 6.81. The molecule has 0 unspecified atom stereocenters. The lowest BCUT2D eigenvalue weighted by Gasteiger charge is -2.14. The molecule has 1 heterocycles. The second kappa shape index (κ2) is 6.49. The van der Waals surface area contributed by atoms with Crippen molar-refractivity contribution in [3.63, 3.8) is 0 Å². The molecule has 3 rings (SSSR count). The molecule has 0 saturated heterocycles. The Hall–Kier alpha value is -0.230. The van der Waals surface area contributed by atoms with Crippen LogP contribution >= 0.6 is 55.7 Å². The van der Waals surface area contributed by atoms with Crippen molar-refractivity contribution in [3.8, 4) is 11.4 Å². The predicted molar refractivity (Wildman–Crippen MR) is 96.5 cm³/mol. The van der Waals surface area contributed by atoms with Crippen LogP contribution < -0.4 is 0 Å². The van der Waals surface area contributed by atoms with Gasteiger partial charge in [0.1, 0.15) is 10.5 Å². The number of nitrogens with one attached hydrogen (secondary N) is 1. The summed E-state index contributed by atoms with van der Waals surface area (Å²) in [5.41, 5.74) is 2.15. The zero-order chi connectivity index (χ0) is 15.0. The molecule has 1 aromatic heterocycles. The molecule has 2 aromatic rings. The van der Waals surface area contributed by atoms with Crippen LogP contribution in [0.25, 0.3) is 11.4 Å². The molecular weight excluding hydrogens is 436 g/mol. The molecule has 1 saturated carbocycles. The summed E-state index contributed by atoms with van der Waals surface area (Å²) in [6, 6.07) is 5.77. The van der Waals surface area contributed by atoms with Crippen LogP contribution in [-0.4, -0.2) is 9.97 Å². The maximum absolute atomic E-state index is 6.05. The van der Waals surface area contributed by atoms with Crippen LogP contribution in [0.2, 0.25) is 5.02 Å². The second-order valence-electron chi connectivity index (χ2n) is 5.23. The van der Waals surface area contributed by atoms with Crippen LogP contribution in [0.5, 0.6) is 0 Å². The van der Waals surface area contributed by atoms with Crippen LogP contribution in [0, 0.1) is 4.64 Å². The molecule has 0 aliphatic heterocycles. The Morgan fingerprint density at radius 3 is 2.62 bits per heavy atom. The standard InChI is InChI=1S/C15H13Br2ClN2S/c16-10-7-9(5-6-11(10)18)14-19-13(8-3-1-2-4-8)12(17)15(21)20-14/h5-8H,1-4H2,(H,19,20,21). The first kappa shape index (κ1) is 15.7. The summed E-state index contributed by atoms with van der Waals surface area (Å²) in [4.78, 5) is 7.96. The Labute approximate surface area is 150 Å². The van der Waals surface area contributed by atoms with Crippen molar-refractivity contribution in [1.29, 1.82) is 0 Å². The van der Waals surface area contributed by atoms with Crippen LogP contribution in [0.1, 0.15) is 37.3 Å². The van der Waals surface area contributed by atoms with E-state index in [1.807, 2.05) is 18.2 Å². The lowest BCUT2D eigenvalue weighted by Crippen LogP contribution is -2.02. The summed E-state index contributed by atoms with van der Waals surface area (Å²) >= 11 is 18.5. The number of H-pyrrole nitrogens is 1. The first-order chi connectivity index (χ1) is 10.1. The van der Waals surface area contributed by atoms with E-state index in [9.17, 15) is 0 Å². The molecule has 110 valence electrons. The third-order valence-electron chi connectivity index (χ3n) is 3.85. The summed E-state index contributed by atoms with van der Waals surface area (Å²) < 4.78 is 2.39. The van der Waals surface area contributed by atoms with Gasteiger partial charge >= 0.3 is 0 Å². The van der Waals surface area contributed by atoms with Gasteiger partial charge in [-0.15, -0.1) is 0 Å². The maximum atomic E-state index is 6.05. The van der Waals surface area contributed by atoms with Gasteiger partial charge in [-0.2, -0.15) is 0 Å². The number of rotatable bonds is 2. The highest BCUT2D eigenvalue weighted by molar-refractivity contribution is 9.10. The van der Waals surface area contributed by atoms with E-state index < -0.39 is 0 Å². The van der Waals surface area contributed by atoms with E-state index in [-0.39, 0.29) is 0 Å². The Morgan fingerprint density at radius 1 is 1.24 bits per heavy atom. The summed E-state index contributed by atoms with van der Waals surface area (Å²) in [6.07, 6.45) is 4.97. The molecule has 0 radical (unpaired) electrons. The van der Waals surface area contributed by atoms with Gasteiger partial charge in [-0.25, -0.2) is 4.98 Å². The number of aromatic nitrogens is 2. The highest BCUT2D eigenvalue weighted by Crippen LogP contribution is 2.38. The third-order valence-corrected chi connectivity index (χ3v) is 6.42. The van der Waals surface area contributed by atoms with Gasteiger partial charge in [-0.3, -0.25) is 0 Å². The van der Waals surface area contributed by atoms with Crippen molar-refractivity contribution in [1.82, 2.24) is 9.97 Å². The highest BCUT2D eigenvalue weighted by atomic mass is 79.9. The van der Waals surface area contributed by atoms with E-state index in [1.165, 1.54) is 31.4 Å². The molecule has 1 N–H and O–H groups in total. The summed E-state index contributed by atoms with van der Waals surface area (Å²) in [5, 5.41) is 0.686. The minimum absolute atomic E-state index is 0.540. The van der Waals surface area contributed by atoms with Crippen LogP contribution in [-0.2, 0) is 0 Å². The number of hydrogen-bond donors (Lipinski definition) is 1. The van der Waals surface area contributed by atoms with Crippen LogP contribution in [0.3, 0.4) is 0 Å². The minimum atomic E-state index is 0.540. The summed E-state index contributed by atoms with van der Waals surface area (Å²) in [7, 11) is 0. The Bertz CT molecular complexity index is 739. The fraction of sp³-hybridized carbons (Fsp3) is 0.333. The van der Waals surface area contributed by atoms with Gasteiger partial charge in [0.2, 0.25) is 0 Å². The Kier molecular flexibility index (Phi) is 4.84. The number of halogens is 3. The van der Waals surface area contributed by atoms with Crippen LogP contribution in [0.4, 0.5) is 0 Å². The summed E-state index contributed by atoms with van der Waals surface area (Å²) in [5.74, 6) is 1.33. The SMILES string of the molecule is S=c1nc(-c2ccc(Cl)c(Br)c2)[nH]c(C2CCCC2)c1Br. The summed E-state index contributed by atoms with van der Waals surface area (Å²) in [6.45, 7) is 0. The molecule has 1 fully saturated rings. The first-order valence-corrected chi connectivity index (χ1v) is 9.18. The van der Waals surface area contributed by atoms with Gasteiger partial charge < -0.3 is 4.98 Å². The van der Waals surface area contributed by atoms with Crippen molar-refractivity contribution in [3.05, 3.63) is 42.5 Å². The second-order valence-corrected chi connectivity index (χ2v) is 7.67. The van der Waals surface area contributed by atoms with Crippen molar-refractivity contribution in [2.24, 2.45) is 0 Å². The lowest BCUT2D eigenvalue weighted by molar-refractivity contribution is 0.690. The van der Waals surface area contributed by atoms with E-state index in [0.717, 1.165) is 20.3 Å². The molecular formula is C15H13Br2ClN2S. The number of aromatic amines is 1. The fourth-order valence-corrected chi connectivity index (χ4v) is 3.96. The van der Waals surface area contributed by atoms with Gasteiger partial charge in [0, 0.05) is 21.6 Å². The molecule has 0 spiro atoms. The van der Waals surface area contributed by atoms with E-state index >= 15 is 0 Å². The Morgan fingerprint density at radius 2 is 1.95 bits per heavy atom. The molecule has 2 nitrogen and oxygen atoms in total. The highest BCUT2D eigenvalue weighted by Gasteiger charge is 2.21. The van der Waals surface area contributed by atoms with Gasteiger partial charge in [-0.1, -0.05) is 36.7 Å². The van der Waals surface area contributed by atoms with Gasteiger partial charge in [0.05, 0.1) is 9.50 Å². The molecule has 1 aliphatic carbocycles. The van der Waals surface area contributed by atoms with Crippen molar-refractivity contribution >= 4 is 55.7 Å². The van der Waals surface area contributed by atoms with E-state index in [2.05, 4.69) is 41.8 Å². The Balaban J connectivity index is 2.10. The molecule has 21 heavy (non-hydrogen) atoms. The largest absolute Gasteiger partial charge is 0.342 e. The van der Waals surface area contributed by atoms with Gasteiger partial charge in [0.25, 0.3) is 0 Å². The molecule has 6 heteroatoms. The van der Waals surface area contributed by atoms with E-state index in [1.54, 1.807) is 0 Å². The monoisotopic (exact) mass is 446 g/mol. The number of benzene rings is 1. The smallest absolute Gasteiger partial charge is 0.144 e. The maximum Gasteiger partial charge on any atom is 0.144 e. The topological polar surface area (TPSA) is 28.7 Å². The zero-order valence-corrected chi connectivity index (χ0v) is 15.9. The minimum Gasteiger partial charge on any atom is -0.342 e. The third kappa shape index (κ3) is 3.26. The average Bonchev–Trinajstić information content (AvgIpc) is 2.98. The average molecular weight is 449 g/mol. The quantitative estimate of drug-likeness (QED) is 0.522. The molecule has 1 aromatic carbocycles. The molecule has 1 aliphatic rings. The fourth-order valence-electron chi connectivity index (χ4n) is 2.75. The molecule has 0 bridgehead atoms. The van der Waals surface area contributed by atoms with Gasteiger partial charge in [0.15, 0.2) is 0 Å². The lowest BCUT2D eigenvalue weighted by atomic mass is 10.0. The zero-order valence-electron chi connectivity index (χ0n) is 11.1. The normalized spacial score (nSPS) is 15.6.